The number of aromatic nitrogens is 1. The SMILES string of the molecule is CCOc1ccc(CCNC(=O)c2ccc(C)nc2)cc1OCC. The van der Waals surface area contributed by atoms with Crippen molar-refractivity contribution in [3.63, 3.8) is 0 Å². The molecule has 0 atom stereocenters. The molecule has 1 heterocycles. The van der Waals surface area contributed by atoms with Gasteiger partial charge in [0.15, 0.2) is 11.5 Å². The highest BCUT2D eigenvalue weighted by Gasteiger charge is 2.08. The molecule has 0 saturated carbocycles. The van der Waals surface area contributed by atoms with Gasteiger partial charge in [0.2, 0.25) is 0 Å². The summed E-state index contributed by atoms with van der Waals surface area (Å²) in [5, 5.41) is 2.91. The van der Waals surface area contributed by atoms with Crippen LogP contribution in [0.25, 0.3) is 0 Å². The number of benzene rings is 1. The predicted molar refractivity (Wildman–Crippen MR) is 93.8 cm³/mol. The minimum absolute atomic E-state index is 0.113. The van der Waals surface area contributed by atoms with Gasteiger partial charge in [-0.3, -0.25) is 9.78 Å². The van der Waals surface area contributed by atoms with Gasteiger partial charge in [-0.25, -0.2) is 0 Å². The number of nitrogens with zero attached hydrogens (tertiary/aromatic N) is 1. The van der Waals surface area contributed by atoms with Crippen molar-refractivity contribution < 1.29 is 14.3 Å². The van der Waals surface area contributed by atoms with Gasteiger partial charge in [0.1, 0.15) is 0 Å². The van der Waals surface area contributed by atoms with E-state index >= 15 is 0 Å². The van der Waals surface area contributed by atoms with Crippen LogP contribution >= 0.6 is 0 Å². The molecule has 0 aliphatic carbocycles. The first-order valence-electron chi connectivity index (χ1n) is 8.23. The minimum Gasteiger partial charge on any atom is -0.490 e. The Labute approximate surface area is 143 Å². The van der Waals surface area contributed by atoms with Crippen molar-refractivity contribution in [3.05, 3.63) is 53.3 Å². The van der Waals surface area contributed by atoms with Gasteiger partial charge in [0, 0.05) is 18.4 Å². The summed E-state index contributed by atoms with van der Waals surface area (Å²) >= 11 is 0. The van der Waals surface area contributed by atoms with Crippen molar-refractivity contribution in [2.45, 2.75) is 27.2 Å². The van der Waals surface area contributed by atoms with E-state index in [0.29, 0.717) is 25.3 Å². The molecular weight excluding hydrogens is 304 g/mol. The Bertz CT molecular complexity index is 669. The maximum absolute atomic E-state index is 12.1. The molecule has 5 nitrogen and oxygen atoms in total. The minimum atomic E-state index is -0.113. The zero-order valence-corrected chi connectivity index (χ0v) is 14.5. The van der Waals surface area contributed by atoms with Gasteiger partial charge < -0.3 is 14.8 Å². The van der Waals surface area contributed by atoms with Gasteiger partial charge in [0.25, 0.3) is 5.91 Å². The molecule has 0 unspecified atom stereocenters. The van der Waals surface area contributed by atoms with Crippen molar-refractivity contribution in [1.29, 1.82) is 0 Å². The maximum atomic E-state index is 12.1. The number of hydrogen-bond acceptors (Lipinski definition) is 4. The van der Waals surface area contributed by atoms with E-state index in [-0.39, 0.29) is 5.91 Å². The average molecular weight is 328 g/mol. The molecule has 0 aliphatic rings. The molecule has 1 aromatic heterocycles. The monoisotopic (exact) mass is 328 g/mol. The fourth-order valence-corrected chi connectivity index (χ4v) is 2.28. The van der Waals surface area contributed by atoms with E-state index in [1.54, 1.807) is 12.3 Å². The molecule has 0 spiro atoms. The third kappa shape index (κ3) is 4.98. The van der Waals surface area contributed by atoms with Crippen molar-refractivity contribution in [2.24, 2.45) is 0 Å². The highest BCUT2D eigenvalue weighted by atomic mass is 16.5. The smallest absolute Gasteiger partial charge is 0.252 e. The molecule has 0 saturated heterocycles. The molecular formula is C19H24N2O3. The fourth-order valence-electron chi connectivity index (χ4n) is 2.28. The number of ether oxygens (including phenoxy) is 2. The Hall–Kier alpha value is -2.56. The highest BCUT2D eigenvalue weighted by molar-refractivity contribution is 5.93. The van der Waals surface area contributed by atoms with Crippen LogP contribution in [0.2, 0.25) is 0 Å². The number of hydrogen-bond donors (Lipinski definition) is 1. The molecule has 0 fully saturated rings. The van der Waals surface area contributed by atoms with Gasteiger partial charge in [0.05, 0.1) is 18.8 Å². The molecule has 128 valence electrons. The molecule has 1 N–H and O–H groups in total. The second kappa shape index (κ2) is 8.91. The molecule has 0 aliphatic heterocycles. The molecule has 2 rings (SSSR count). The van der Waals surface area contributed by atoms with Crippen LogP contribution in [0.1, 0.15) is 35.5 Å². The molecule has 0 bridgehead atoms. The van der Waals surface area contributed by atoms with E-state index < -0.39 is 0 Å². The van der Waals surface area contributed by atoms with Crippen LogP contribution in [-0.2, 0) is 6.42 Å². The molecule has 5 heteroatoms. The zero-order valence-electron chi connectivity index (χ0n) is 14.5. The number of rotatable bonds is 8. The Morgan fingerprint density at radius 1 is 1.08 bits per heavy atom. The van der Waals surface area contributed by atoms with Crippen LogP contribution in [0.3, 0.4) is 0 Å². The maximum Gasteiger partial charge on any atom is 0.252 e. The van der Waals surface area contributed by atoms with Crippen LogP contribution in [0.15, 0.2) is 36.5 Å². The van der Waals surface area contributed by atoms with Gasteiger partial charge >= 0.3 is 0 Å². The van der Waals surface area contributed by atoms with Crippen LogP contribution in [-0.4, -0.2) is 30.6 Å². The largest absolute Gasteiger partial charge is 0.490 e. The molecule has 24 heavy (non-hydrogen) atoms. The van der Waals surface area contributed by atoms with E-state index in [4.69, 9.17) is 9.47 Å². The average Bonchev–Trinajstić information content (AvgIpc) is 2.58. The number of carbonyl (C=O) groups is 1. The Morgan fingerprint density at radius 3 is 2.50 bits per heavy atom. The van der Waals surface area contributed by atoms with Crippen molar-refractivity contribution in [2.75, 3.05) is 19.8 Å². The summed E-state index contributed by atoms with van der Waals surface area (Å²) in [5.41, 5.74) is 2.55. The zero-order chi connectivity index (χ0) is 17.4. The van der Waals surface area contributed by atoms with E-state index in [9.17, 15) is 4.79 Å². The van der Waals surface area contributed by atoms with Crippen molar-refractivity contribution >= 4 is 5.91 Å². The summed E-state index contributed by atoms with van der Waals surface area (Å²) in [6.07, 6.45) is 2.31. The summed E-state index contributed by atoms with van der Waals surface area (Å²) < 4.78 is 11.2. The van der Waals surface area contributed by atoms with Crippen LogP contribution in [0, 0.1) is 6.92 Å². The molecule has 1 aromatic carbocycles. The normalized spacial score (nSPS) is 10.3. The van der Waals surface area contributed by atoms with Gasteiger partial charge in [-0.15, -0.1) is 0 Å². The van der Waals surface area contributed by atoms with Gasteiger partial charge in [-0.05, 0) is 57.0 Å². The first-order valence-corrected chi connectivity index (χ1v) is 8.23. The lowest BCUT2D eigenvalue weighted by molar-refractivity contribution is 0.0954. The summed E-state index contributed by atoms with van der Waals surface area (Å²) in [4.78, 5) is 16.2. The summed E-state index contributed by atoms with van der Waals surface area (Å²) in [5.74, 6) is 1.38. The lowest BCUT2D eigenvalue weighted by Crippen LogP contribution is -2.25. The first kappa shape index (κ1) is 17.8. The third-order valence-corrected chi connectivity index (χ3v) is 3.48. The van der Waals surface area contributed by atoms with Crippen LogP contribution < -0.4 is 14.8 Å². The molecule has 1 amide bonds. The van der Waals surface area contributed by atoms with Crippen molar-refractivity contribution in [1.82, 2.24) is 10.3 Å². The van der Waals surface area contributed by atoms with E-state index in [0.717, 1.165) is 29.2 Å². The topological polar surface area (TPSA) is 60.5 Å². The third-order valence-electron chi connectivity index (χ3n) is 3.48. The van der Waals surface area contributed by atoms with Gasteiger partial charge in [-0.2, -0.15) is 0 Å². The van der Waals surface area contributed by atoms with Gasteiger partial charge in [-0.1, -0.05) is 6.07 Å². The second-order valence-corrected chi connectivity index (χ2v) is 5.34. The number of pyridine rings is 1. The number of aryl methyl sites for hydroxylation is 1. The lowest BCUT2D eigenvalue weighted by atomic mass is 10.1. The van der Waals surface area contributed by atoms with E-state index in [1.165, 1.54) is 0 Å². The van der Waals surface area contributed by atoms with E-state index in [1.807, 2.05) is 45.0 Å². The molecule has 0 radical (unpaired) electrons. The second-order valence-electron chi connectivity index (χ2n) is 5.34. The highest BCUT2D eigenvalue weighted by Crippen LogP contribution is 2.28. The van der Waals surface area contributed by atoms with Crippen LogP contribution in [0.4, 0.5) is 0 Å². The Balaban J connectivity index is 1.92. The summed E-state index contributed by atoms with van der Waals surface area (Å²) in [6.45, 7) is 7.51. The number of carbonyl (C=O) groups excluding carboxylic acids is 1. The number of nitrogens with one attached hydrogen (secondary N) is 1. The Morgan fingerprint density at radius 2 is 1.83 bits per heavy atom. The lowest BCUT2D eigenvalue weighted by Gasteiger charge is -2.12. The fraction of sp³-hybridized carbons (Fsp3) is 0.368. The Kier molecular flexibility index (Phi) is 6.61. The van der Waals surface area contributed by atoms with E-state index in [2.05, 4.69) is 10.3 Å². The number of amides is 1. The molecule has 2 aromatic rings. The quantitative estimate of drug-likeness (QED) is 0.808. The van der Waals surface area contributed by atoms with Crippen molar-refractivity contribution in [3.8, 4) is 11.5 Å². The summed E-state index contributed by atoms with van der Waals surface area (Å²) in [6, 6.07) is 9.48. The summed E-state index contributed by atoms with van der Waals surface area (Å²) in [7, 11) is 0. The first-order chi connectivity index (χ1) is 11.6. The predicted octanol–water partition coefficient (Wildman–Crippen LogP) is 3.16. The van der Waals surface area contributed by atoms with Crippen LogP contribution in [0.5, 0.6) is 11.5 Å². The standard InChI is InChI=1S/C19H24N2O3/c1-4-23-17-9-7-15(12-18(17)24-5-2)10-11-20-19(22)16-8-6-14(3)21-13-16/h6-9,12-13H,4-5,10-11H2,1-3H3,(H,20,22).